The normalized spacial score (nSPS) is 20.2. The Hall–Kier alpha value is -1.54. The number of nitrogens with one attached hydrogen (secondary N) is 1. The lowest BCUT2D eigenvalue weighted by Crippen LogP contribution is -2.47. The number of ether oxygens (including phenoxy) is 1. The molecule has 2 rings (SSSR count). The average molecular weight is 266 g/mol. The van der Waals surface area contributed by atoms with Crippen LogP contribution in [0.25, 0.3) is 0 Å². The highest BCUT2D eigenvalue weighted by Crippen LogP contribution is 2.11. The number of amides is 1. The van der Waals surface area contributed by atoms with Crippen molar-refractivity contribution in [2.24, 2.45) is 5.84 Å². The third kappa shape index (κ3) is 3.48. The van der Waals surface area contributed by atoms with Crippen LogP contribution in [0.3, 0.4) is 0 Å². The standard InChI is InChI=1S/C12H18N4O3/c13-15-12(18)11-3-1-2-9(14-11)6-16-4-5-19-8-10(16)7-17/h1-3,10,17H,4-8,13H2,(H,15,18). The topological polar surface area (TPSA) is 101 Å². The lowest BCUT2D eigenvalue weighted by molar-refractivity contribution is -0.0317. The maximum atomic E-state index is 11.4. The van der Waals surface area contributed by atoms with E-state index in [1.807, 2.05) is 6.07 Å². The van der Waals surface area contributed by atoms with Gasteiger partial charge in [0.2, 0.25) is 0 Å². The molecule has 1 aliphatic heterocycles. The van der Waals surface area contributed by atoms with Crippen molar-refractivity contribution < 1.29 is 14.6 Å². The second-order valence-corrected chi connectivity index (χ2v) is 4.37. The first-order chi connectivity index (χ1) is 9.24. The van der Waals surface area contributed by atoms with E-state index in [1.54, 1.807) is 12.1 Å². The first-order valence-electron chi connectivity index (χ1n) is 6.14. The first-order valence-corrected chi connectivity index (χ1v) is 6.14. The number of carbonyl (C=O) groups excluding carboxylic acids is 1. The maximum Gasteiger partial charge on any atom is 0.283 e. The van der Waals surface area contributed by atoms with Crippen molar-refractivity contribution in [2.75, 3.05) is 26.4 Å². The van der Waals surface area contributed by atoms with Gasteiger partial charge in [-0.3, -0.25) is 15.1 Å². The number of rotatable bonds is 4. The minimum atomic E-state index is -0.414. The number of hydrazine groups is 1. The van der Waals surface area contributed by atoms with Crippen LogP contribution in [-0.4, -0.2) is 53.3 Å². The molecule has 19 heavy (non-hydrogen) atoms. The second-order valence-electron chi connectivity index (χ2n) is 4.37. The molecular formula is C12H18N4O3. The molecule has 0 aromatic carbocycles. The molecular weight excluding hydrogens is 248 g/mol. The van der Waals surface area contributed by atoms with Crippen LogP contribution < -0.4 is 11.3 Å². The van der Waals surface area contributed by atoms with Crippen molar-refractivity contribution >= 4 is 5.91 Å². The molecule has 1 atom stereocenters. The number of nitrogens with zero attached hydrogens (tertiary/aromatic N) is 2. The molecule has 0 radical (unpaired) electrons. The minimum absolute atomic E-state index is 0.0254. The van der Waals surface area contributed by atoms with Crippen molar-refractivity contribution in [3.63, 3.8) is 0 Å². The summed E-state index contributed by atoms with van der Waals surface area (Å²) >= 11 is 0. The smallest absolute Gasteiger partial charge is 0.283 e. The summed E-state index contributed by atoms with van der Waals surface area (Å²) in [5.41, 5.74) is 3.11. The van der Waals surface area contributed by atoms with Gasteiger partial charge in [0.05, 0.1) is 31.6 Å². The molecule has 1 amide bonds. The van der Waals surface area contributed by atoms with E-state index in [9.17, 15) is 9.90 Å². The van der Waals surface area contributed by atoms with E-state index in [4.69, 9.17) is 10.6 Å². The van der Waals surface area contributed by atoms with Crippen molar-refractivity contribution in [3.05, 3.63) is 29.6 Å². The predicted molar refractivity (Wildman–Crippen MR) is 68.0 cm³/mol. The van der Waals surface area contributed by atoms with E-state index in [0.29, 0.717) is 19.8 Å². The van der Waals surface area contributed by atoms with Crippen LogP contribution in [0.4, 0.5) is 0 Å². The molecule has 1 aliphatic rings. The van der Waals surface area contributed by atoms with Crippen molar-refractivity contribution in [3.8, 4) is 0 Å². The Morgan fingerprint density at radius 3 is 3.21 bits per heavy atom. The zero-order valence-electron chi connectivity index (χ0n) is 10.6. The molecule has 0 spiro atoms. The van der Waals surface area contributed by atoms with Gasteiger partial charge in [-0.1, -0.05) is 6.07 Å². The number of hydrogen-bond acceptors (Lipinski definition) is 6. The van der Waals surface area contributed by atoms with E-state index < -0.39 is 5.91 Å². The van der Waals surface area contributed by atoms with E-state index in [2.05, 4.69) is 15.3 Å². The highest BCUT2D eigenvalue weighted by Gasteiger charge is 2.22. The Morgan fingerprint density at radius 1 is 1.63 bits per heavy atom. The highest BCUT2D eigenvalue weighted by molar-refractivity contribution is 5.91. The van der Waals surface area contributed by atoms with Crippen molar-refractivity contribution in [1.82, 2.24) is 15.3 Å². The number of carbonyl (C=O) groups is 1. The monoisotopic (exact) mass is 266 g/mol. The molecule has 104 valence electrons. The third-order valence-corrected chi connectivity index (χ3v) is 3.10. The molecule has 1 unspecified atom stereocenters. The van der Waals surface area contributed by atoms with Crippen molar-refractivity contribution in [2.45, 2.75) is 12.6 Å². The number of nitrogens with two attached hydrogens (primary N) is 1. The second kappa shape index (κ2) is 6.58. The molecule has 1 saturated heterocycles. The number of morpholine rings is 1. The van der Waals surface area contributed by atoms with Crippen LogP contribution in [0.1, 0.15) is 16.2 Å². The Kier molecular flexibility index (Phi) is 4.80. The Labute approximate surface area is 111 Å². The number of aliphatic hydroxyl groups is 1. The maximum absolute atomic E-state index is 11.4. The number of nitrogen functional groups attached to an aromatic ring is 1. The molecule has 1 aromatic rings. The van der Waals surface area contributed by atoms with Crippen molar-refractivity contribution in [1.29, 1.82) is 0 Å². The summed E-state index contributed by atoms with van der Waals surface area (Å²) in [6.45, 7) is 2.50. The van der Waals surface area contributed by atoms with E-state index >= 15 is 0 Å². The summed E-state index contributed by atoms with van der Waals surface area (Å²) < 4.78 is 5.32. The minimum Gasteiger partial charge on any atom is -0.395 e. The van der Waals surface area contributed by atoms with Gasteiger partial charge in [0, 0.05) is 13.1 Å². The molecule has 0 aliphatic carbocycles. The van der Waals surface area contributed by atoms with Gasteiger partial charge < -0.3 is 9.84 Å². The Bertz CT molecular complexity index is 441. The average Bonchev–Trinajstić information content (AvgIpc) is 2.47. The van der Waals surface area contributed by atoms with Gasteiger partial charge in [0.15, 0.2) is 0 Å². The summed E-state index contributed by atoms with van der Waals surface area (Å²) in [4.78, 5) is 17.7. The molecule has 4 N–H and O–H groups in total. The van der Waals surface area contributed by atoms with Gasteiger partial charge in [-0.05, 0) is 12.1 Å². The van der Waals surface area contributed by atoms with Crippen LogP contribution in [0.5, 0.6) is 0 Å². The molecule has 7 nitrogen and oxygen atoms in total. The fourth-order valence-electron chi connectivity index (χ4n) is 2.04. The van der Waals surface area contributed by atoms with Crippen LogP contribution >= 0.6 is 0 Å². The lowest BCUT2D eigenvalue weighted by atomic mass is 10.2. The first kappa shape index (κ1) is 13.9. The van der Waals surface area contributed by atoms with Crippen LogP contribution in [0, 0.1) is 0 Å². The molecule has 7 heteroatoms. The van der Waals surface area contributed by atoms with Gasteiger partial charge in [0.1, 0.15) is 5.69 Å². The van der Waals surface area contributed by atoms with Crippen LogP contribution in [0.2, 0.25) is 0 Å². The van der Waals surface area contributed by atoms with Crippen LogP contribution in [-0.2, 0) is 11.3 Å². The fourth-order valence-corrected chi connectivity index (χ4v) is 2.04. The quantitative estimate of drug-likeness (QED) is 0.362. The lowest BCUT2D eigenvalue weighted by Gasteiger charge is -2.34. The van der Waals surface area contributed by atoms with Gasteiger partial charge in [0.25, 0.3) is 5.91 Å². The molecule has 2 heterocycles. The Balaban J connectivity index is 2.07. The zero-order valence-corrected chi connectivity index (χ0v) is 10.6. The summed E-state index contributed by atoms with van der Waals surface area (Å²) in [6.07, 6.45) is 0. The van der Waals surface area contributed by atoms with Gasteiger partial charge in [-0.25, -0.2) is 10.8 Å². The van der Waals surface area contributed by atoms with E-state index in [1.165, 1.54) is 0 Å². The third-order valence-electron chi connectivity index (χ3n) is 3.10. The summed E-state index contributed by atoms with van der Waals surface area (Å²) in [5, 5.41) is 9.30. The summed E-state index contributed by atoms with van der Waals surface area (Å²) in [7, 11) is 0. The zero-order chi connectivity index (χ0) is 13.7. The summed E-state index contributed by atoms with van der Waals surface area (Å²) in [6, 6.07) is 5.19. The number of hydrogen-bond donors (Lipinski definition) is 3. The number of pyridine rings is 1. The summed E-state index contributed by atoms with van der Waals surface area (Å²) in [5.74, 6) is 4.67. The molecule has 1 aromatic heterocycles. The SMILES string of the molecule is NNC(=O)c1cccc(CN2CCOCC2CO)n1. The largest absolute Gasteiger partial charge is 0.395 e. The van der Waals surface area contributed by atoms with Gasteiger partial charge in [-0.15, -0.1) is 0 Å². The van der Waals surface area contributed by atoms with Gasteiger partial charge in [-0.2, -0.15) is 0 Å². The van der Waals surface area contributed by atoms with E-state index in [0.717, 1.165) is 12.2 Å². The molecule has 1 fully saturated rings. The molecule has 0 saturated carbocycles. The number of aliphatic hydroxyl groups excluding tert-OH is 1. The fraction of sp³-hybridized carbons (Fsp3) is 0.500. The predicted octanol–water partition coefficient (Wildman–Crippen LogP) is -1.12. The van der Waals surface area contributed by atoms with Gasteiger partial charge >= 0.3 is 0 Å². The van der Waals surface area contributed by atoms with Crippen LogP contribution in [0.15, 0.2) is 18.2 Å². The molecule has 0 bridgehead atoms. The van der Waals surface area contributed by atoms with E-state index in [-0.39, 0.29) is 18.3 Å². The number of aromatic nitrogens is 1. The highest BCUT2D eigenvalue weighted by atomic mass is 16.5. The Morgan fingerprint density at radius 2 is 2.47 bits per heavy atom.